The van der Waals surface area contributed by atoms with Crippen molar-refractivity contribution in [3.8, 4) is 5.75 Å². The predicted octanol–water partition coefficient (Wildman–Crippen LogP) is 1.37. The van der Waals surface area contributed by atoms with E-state index in [4.69, 9.17) is 9.84 Å². The SMILES string of the molecule is COc1ccccc1C(C)N1CCN(CCO)CC1. The molecule has 0 saturated carbocycles. The summed E-state index contributed by atoms with van der Waals surface area (Å²) in [6, 6.07) is 8.61. The van der Waals surface area contributed by atoms with E-state index in [1.165, 1.54) is 5.56 Å². The van der Waals surface area contributed by atoms with E-state index in [1.54, 1.807) is 7.11 Å². The third-order valence-electron chi connectivity index (χ3n) is 3.96. The zero-order valence-electron chi connectivity index (χ0n) is 11.9. The molecule has 1 saturated heterocycles. The average Bonchev–Trinajstić information content (AvgIpc) is 2.47. The summed E-state index contributed by atoms with van der Waals surface area (Å²) in [5.74, 6) is 0.966. The second-order valence-corrected chi connectivity index (χ2v) is 5.02. The molecular formula is C15H24N2O2. The lowest BCUT2D eigenvalue weighted by atomic mass is 10.0. The fraction of sp³-hybridized carbons (Fsp3) is 0.600. The lowest BCUT2D eigenvalue weighted by molar-refractivity contribution is 0.0880. The molecule has 0 aromatic heterocycles. The summed E-state index contributed by atoms with van der Waals surface area (Å²) in [5, 5.41) is 8.97. The lowest BCUT2D eigenvalue weighted by Crippen LogP contribution is -2.47. The summed E-state index contributed by atoms with van der Waals surface area (Å²) in [4.78, 5) is 4.79. The maximum absolute atomic E-state index is 8.97. The number of aliphatic hydroxyl groups is 1. The van der Waals surface area contributed by atoms with Gasteiger partial charge in [0.25, 0.3) is 0 Å². The van der Waals surface area contributed by atoms with E-state index in [2.05, 4.69) is 28.9 Å². The maximum atomic E-state index is 8.97. The van der Waals surface area contributed by atoms with Gasteiger partial charge in [-0.25, -0.2) is 0 Å². The van der Waals surface area contributed by atoms with Gasteiger partial charge >= 0.3 is 0 Å². The first-order valence-corrected chi connectivity index (χ1v) is 6.96. The van der Waals surface area contributed by atoms with E-state index in [-0.39, 0.29) is 6.61 Å². The first-order valence-electron chi connectivity index (χ1n) is 6.96. The number of rotatable bonds is 5. The van der Waals surface area contributed by atoms with Crippen molar-refractivity contribution in [3.63, 3.8) is 0 Å². The first-order chi connectivity index (χ1) is 9.26. The minimum atomic E-state index is 0.252. The highest BCUT2D eigenvalue weighted by molar-refractivity contribution is 5.35. The van der Waals surface area contributed by atoms with Gasteiger partial charge in [0.15, 0.2) is 0 Å². The number of piperazine rings is 1. The highest BCUT2D eigenvalue weighted by Gasteiger charge is 2.23. The minimum absolute atomic E-state index is 0.252. The van der Waals surface area contributed by atoms with E-state index in [1.807, 2.05) is 12.1 Å². The Bertz CT molecular complexity index is 389. The Morgan fingerprint density at radius 2 is 1.89 bits per heavy atom. The van der Waals surface area contributed by atoms with Crippen molar-refractivity contribution < 1.29 is 9.84 Å². The summed E-state index contributed by atoms with van der Waals surface area (Å²) in [7, 11) is 1.73. The van der Waals surface area contributed by atoms with Crippen LogP contribution < -0.4 is 4.74 Å². The van der Waals surface area contributed by atoms with Crippen molar-refractivity contribution in [1.29, 1.82) is 0 Å². The van der Waals surface area contributed by atoms with Crippen LogP contribution in [0.4, 0.5) is 0 Å². The van der Waals surface area contributed by atoms with Gasteiger partial charge in [0, 0.05) is 44.3 Å². The highest BCUT2D eigenvalue weighted by Crippen LogP contribution is 2.29. The monoisotopic (exact) mass is 264 g/mol. The largest absolute Gasteiger partial charge is 0.496 e. The molecule has 1 N–H and O–H groups in total. The van der Waals surface area contributed by atoms with E-state index in [0.717, 1.165) is 38.5 Å². The molecule has 1 heterocycles. The second-order valence-electron chi connectivity index (χ2n) is 5.02. The average molecular weight is 264 g/mol. The number of β-amino-alcohol motifs (C(OH)–C–C–N with tert-alkyl or cyclic N) is 1. The molecule has 0 aliphatic carbocycles. The van der Waals surface area contributed by atoms with Crippen molar-refractivity contribution in [1.82, 2.24) is 9.80 Å². The van der Waals surface area contributed by atoms with Crippen molar-refractivity contribution in [2.45, 2.75) is 13.0 Å². The van der Waals surface area contributed by atoms with Crippen LogP contribution in [0.2, 0.25) is 0 Å². The number of hydrogen-bond acceptors (Lipinski definition) is 4. The normalized spacial score (nSPS) is 19.3. The summed E-state index contributed by atoms with van der Waals surface area (Å²) in [5.41, 5.74) is 1.25. The Kier molecular flexibility index (Phi) is 5.19. The predicted molar refractivity (Wildman–Crippen MR) is 76.5 cm³/mol. The maximum Gasteiger partial charge on any atom is 0.123 e. The molecule has 0 spiro atoms. The van der Waals surface area contributed by atoms with E-state index >= 15 is 0 Å². The lowest BCUT2D eigenvalue weighted by Gasteiger charge is -2.38. The van der Waals surface area contributed by atoms with Crippen molar-refractivity contribution in [2.24, 2.45) is 0 Å². The van der Waals surface area contributed by atoms with Gasteiger partial charge in [-0.05, 0) is 13.0 Å². The van der Waals surface area contributed by atoms with E-state index in [9.17, 15) is 0 Å². The molecule has 106 valence electrons. The number of aliphatic hydroxyl groups excluding tert-OH is 1. The molecule has 2 rings (SSSR count). The highest BCUT2D eigenvalue weighted by atomic mass is 16.5. The van der Waals surface area contributed by atoms with Crippen LogP contribution in [0.15, 0.2) is 24.3 Å². The van der Waals surface area contributed by atoms with E-state index < -0.39 is 0 Å². The molecule has 0 amide bonds. The summed E-state index contributed by atoms with van der Waals surface area (Å²) < 4.78 is 5.45. The summed E-state index contributed by atoms with van der Waals surface area (Å²) in [6.07, 6.45) is 0. The number of para-hydroxylation sites is 1. The standard InChI is InChI=1S/C15H24N2O2/c1-13(14-5-3-4-6-15(14)19-2)17-9-7-16(8-10-17)11-12-18/h3-6,13,18H,7-12H2,1-2H3. The molecule has 4 heteroatoms. The van der Waals surface area contributed by atoms with Crippen molar-refractivity contribution in [3.05, 3.63) is 29.8 Å². The molecule has 1 aromatic carbocycles. The van der Waals surface area contributed by atoms with Gasteiger partial charge in [-0.1, -0.05) is 18.2 Å². The Balaban J connectivity index is 1.99. The molecule has 1 aliphatic heterocycles. The smallest absolute Gasteiger partial charge is 0.123 e. The third-order valence-corrected chi connectivity index (χ3v) is 3.96. The summed E-state index contributed by atoms with van der Waals surface area (Å²) >= 11 is 0. The summed E-state index contributed by atoms with van der Waals surface area (Å²) in [6.45, 7) is 7.41. The first kappa shape index (κ1) is 14.3. The quantitative estimate of drug-likeness (QED) is 0.871. The van der Waals surface area contributed by atoms with Gasteiger partial charge < -0.3 is 9.84 Å². The van der Waals surface area contributed by atoms with Crippen molar-refractivity contribution in [2.75, 3.05) is 46.4 Å². The fourth-order valence-electron chi connectivity index (χ4n) is 2.72. The van der Waals surface area contributed by atoms with Crippen LogP contribution in [-0.4, -0.2) is 61.3 Å². The Hall–Kier alpha value is -1.10. The van der Waals surface area contributed by atoms with Crippen molar-refractivity contribution >= 4 is 0 Å². The van der Waals surface area contributed by atoms with Crippen LogP contribution in [0.1, 0.15) is 18.5 Å². The number of hydrogen-bond donors (Lipinski definition) is 1. The molecule has 1 unspecified atom stereocenters. The molecule has 1 atom stereocenters. The van der Waals surface area contributed by atoms with Gasteiger partial charge in [-0.2, -0.15) is 0 Å². The van der Waals surface area contributed by atoms with Crippen LogP contribution in [0, 0.1) is 0 Å². The fourth-order valence-corrected chi connectivity index (χ4v) is 2.72. The van der Waals surface area contributed by atoms with Gasteiger partial charge in [0.1, 0.15) is 5.75 Å². The van der Waals surface area contributed by atoms with Gasteiger partial charge in [-0.3, -0.25) is 9.80 Å². The van der Waals surface area contributed by atoms with Crippen LogP contribution in [0.5, 0.6) is 5.75 Å². The Labute approximate surface area is 115 Å². The van der Waals surface area contributed by atoms with Crippen LogP contribution in [0.25, 0.3) is 0 Å². The molecule has 4 nitrogen and oxygen atoms in total. The van der Waals surface area contributed by atoms with E-state index in [0.29, 0.717) is 6.04 Å². The topological polar surface area (TPSA) is 35.9 Å². The Morgan fingerprint density at radius 3 is 2.53 bits per heavy atom. The molecular weight excluding hydrogens is 240 g/mol. The molecule has 1 aliphatic rings. The van der Waals surface area contributed by atoms with Crippen LogP contribution in [0.3, 0.4) is 0 Å². The van der Waals surface area contributed by atoms with Crippen LogP contribution in [-0.2, 0) is 0 Å². The molecule has 1 fully saturated rings. The number of nitrogens with zero attached hydrogens (tertiary/aromatic N) is 2. The van der Waals surface area contributed by atoms with Gasteiger partial charge in [0.05, 0.1) is 13.7 Å². The zero-order valence-corrected chi connectivity index (χ0v) is 11.9. The van der Waals surface area contributed by atoms with Crippen LogP contribution >= 0.6 is 0 Å². The molecule has 19 heavy (non-hydrogen) atoms. The number of methoxy groups -OCH3 is 1. The molecule has 1 aromatic rings. The van der Waals surface area contributed by atoms with Gasteiger partial charge in [-0.15, -0.1) is 0 Å². The minimum Gasteiger partial charge on any atom is -0.496 e. The number of benzene rings is 1. The second kappa shape index (κ2) is 6.89. The zero-order chi connectivity index (χ0) is 13.7. The number of ether oxygens (including phenoxy) is 1. The Morgan fingerprint density at radius 1 is 1.21 bits per heavy atom. The molecule has 0 bridgehead atoms. The van der Waals surface area contributed by atoms with Gasteiger partial charge in [0.2, 0.25) is 0 Å². The molecule has 0 radical (unpaired) electrons. The third kappa shape index (κ3) is 3.47.